The maximum atomic E-state index is 14.5. The first-order valence-electron chi connectivity index (χ1n) is 9.18. The smallest absolute Gasteiger partial charge is 0.339 e. The van der Waals surface area contributed by atoms with Crippen molar-refractivity contribution in [2.75, 3.05) is 7.11 Å². The van der Waals surface area contributed by atoms with E-state index in [1.54, 1.807) is 0 Å². The van der Waals surface area contributed by atoms with Gasteiger partial charge in [-0.1, -0.05) is 60.7 Å². The molecule has 0 amide bonds. The van der Waals surface area contributed by atoms with Crippen molar-refractivity contribution in [3.63, 3.8) is 0 Å². The molecule has 3 rings (SSSR count). The lowest BCUT2D eigenvalue weighted by Gasteiger charge is -2.13. The number of hydrogen-bond donors (Lipinski definition) is 0. The van der Waals surface area contributed by atoms with Gasteiger partial charge in [0.15, 0.2) is 0 Å². The molecule has 150 valence electrons. The fourth-order valence-electron chi connectivity index (χ4n) is 3.01. The second-order valence-corrected chi connectivity index (χ2v) is 7.33. The Morgan fingerprint density at radius 1 is 1.10 bits per heavy atom. The van der Waals surface area contributed by atoms with Crippen LogP contribution in [0.15, 0.2) is 82.3 Å². The van der Waals surface area contributed by atoms with Crippen LogP contribution in [0.1, 0.15) is 27.0 Å². The highest BCUT2D eigenvalue weighted by molar-refractivity contribution is 9.10. The van der Waals surface area contributed by atoms with Crippen LogP contribution >= 0.6 is 15.9 Å². The molecule has 1 atom stereocenters. The van der Waals surface area contributed by atoms with Crippen molar-refractivity contribution in [2.24, 2.45) is 4.99 Å². The van der Waals surface area contributed by atoms with Crippen molar-refractivity contribution in [3.05, 3.63) is 105 Å². The van der Waals surface area contributed by atoms with Gasteiger partial charge >= 0.3 is 5.97 Å². The Labute approximate surface area is 182 Å². The maximum Gasteiger partial charge on any atom is 0.339 e. The van der Waals surface area contributed by atoms with Crippen molar-refractivity contribution in [1.29, 1.82) is 5.26 Å². The van der Waals surface area contributed by atoms with Crippen molar-refractivity contribution in [2.45, 2.75) is 12.5 Å². The molecule has 30 heavy (non-hydrogen) atoms. The summed E-state index contributed by atoms with van der Waals surface area (Å²) < 4.78 is 19.6. The van der Waals surface area contributed by atoms with Crippen LogP contribution in [0, 0.1) is 17.1 Å². The standard InChI is InChI=1S/C24H18BrFN2O2/c1-30-24(29)20-13-18(22(26)14-21(20)25)12-19(15-27)28-23(16-8-4-2-5-9-16)17-10-6-3-7-11-17/h2-11,13-14,19H,12H2,1H3. The fraction of sp³-hybridized carbons (Fsp3) is 0.125. The van der Waals surface area contributed by atoms with Crippen LogP contribution in [0.4, 0.5) is 4.39 Å². The van der Waals surface area contributed by atoms with Gasteiger partial charge in [0, 0.05) is 22.0 Å². The molecule has 0 spiro atoms. The topological polar surface area (TPSA) is 62.5 Å². The zero-order valence-corrected chi connectivity index (χ0v) is 17.8. The molecule has 0 saturated heterocycles. The highest BCUT2D eigenvalue weighted by Crippen LogP contribution is 2.24. The minimum absolute atomic E-state index is 0.0166. The zero-order valence-electron chi connectivity index (χ0n) is 16.2. The van der Waals surface area contributed by atoms with Gasteiger partial charge in [-0.15, -0.1) is 0 Å². The van der Waals surface area contributed by atoms with Gasteiger partial charge in [-0.3, -0.25) is 4.99 Å². The molecule has 0 aliphatic heterocycles. The van der Waals surface area contributed by atoms with Crippen molar-refractivity contribution in [3.8, 4) is 6.07 Å². The molecule has 0 saturated carbocycles. The van der Waals surface area contributed by atoms with Gasteiger partial charge in [0.2, 0.25) is 0 Å². The van der Waals surface area contributed by atoms with Gasteiger partial charge in [-0.05, 0) is 33.6 Å². The molecule has 0 aromatic heterocycles. The number of esters is 1. The summed E-state index contributed by atoms with van der Waals surface area (Å²) in [6.07, 6.45) is 0.0166. The summed E-state index contributed by atoms with van der Waals surface area (Å²) >= 11 is 3.17. The van der Waals surface area contributed by atoms with Gasteiger partial charge in [0.05, 0.1) is 24.5 Å². The number of methoxy groups -OCH3 is 1. The Morgan fingerprint density at radius 3 is 2.17 bits per heavy atom. The third kappa shape index (κ3) is 5.00. The highest BCUT2D eigenvalue weighted by Gasteiger charge is 2.19. The quantitative estimate of drug-likeness (QED) is 0.365. The summed E-state index contributed by atoms with van der Waals surface area (Å²) in [6, 6.07) is 22.9. The van der Waals surface area contributed by atoms with E-state index in [1.165, 1.54) is 19.2 Å². The number of aliphatic imine (C=N–C) groups is 1. The Hall–Kier alpha value is -3.30. The number of carbonyl (C=O) groups excluding carboxylic acids is 1. The summed E-state index contributed by atoms with van der Waals surface area (Å²) in [4.78, 5) is 16.6. The van der Waals surface area contributed by atoms with Crippen LogP contribution in [0.5, 0.6) is 0 Å². The molecule has 1 unspecified atom stereocenters. The number of carbonyl (C=O) groups is 1. The summed E-state index contributed by atoms with van der Waals surface area (Å²) in [6.45, 7) is 0. The van der Waals surface area contributed by atoms with E-state index in [9.17, 15) is 14.4 Å². The first kappa shape index (κ1) is 21.4. The summed E-state index contributed by atoms with van der Waals surface area (Å²) in [5.41, 5.74) is 2.77. The number of nitrogens with zero attached hydrogens (tertiary/aromatic N) is 2. The van der Waals surface area contributed by atoms with Gasteiger partial charge in [0.25, 0.3) is 0 Å². The van der Waals surface area contributed by atoms with E-state index in [2.05, 4.69) is 27.0 Å². The van der Waals surface area contributed by atoms with E-state index in [-0.39, 0.29) is 17.5 Å². The van der Waals surface area contributed by atoms with E-state index in [1.807, 2.05) is 60.7 Å². The molecule has 3 aromatic carbocycles. The molecular formula is C24H18BrFN2O2. The first-order valence-corrected chi connectivity index (χ1v) is 9.97. The van der Waals surface area contributed by atoms with Crippen LogP contribution in [0.2, 0.25) is 0 Å². The zero-order chi connectivity index (χ0) is 21.5. The Balaban J connectivity index is 2.01. The van der Waals surface area contributed by atoms with Crippen LogP contribution in [0.3, 0.4) is 0 Å². The maximum absolute atomic E-state index is 14.5. The van der Waals surface area contributed by atoms with E-state index in [0.29, 0.717) is 10.2 Å². The van der Waals surface area contributed by atoms with Crippen molar-refractivity contribution < 1.29 is 13.9 Å². The molecule has 0 radical (unpaired) electrons. The number of hydrogen-bond acceptors (Lipinski definition) is 4. The number of rotatable bonds is 6. The summed E-state index contributed by atoms with van der Waals surface area (Å²) in [7, 11) is 1.26. The molecule has 0 aliphatic rings. The van der Waals surface area contributed by atoms with Gasteiger partial charge < -0.3 is 4.74 Å². The minimum atomic E-state index is -0.846. The third-order valence-electron chi connectivity index (χ3n) is 4.48. The average molecular weight is 465 g/mol. The van der Waals surface area contributed by atoms with Gasteiger partial charge in [-0.25, -0.2) is 9.18 Å². The highest BCUT2D eigenvalue weighted by atomic mass is 79.9. The fourth-order valence-corrected chi connectivity index (χ4v) is 3.49. The molecule has 3 aromatic rings. The number of nitriles is 1. The summed E-state index contributed by atoms with van der Waals surface area (Å²) in [5.74, 6) is -1.11. The van der Waals surface area contributed by atoms with Crippen LogP contribution in [0.25, 0.3) is 0 Å². The second kappa shape index (κ2) is 9.95. The Morgan fingerprint density at radius 2 is 1.67 bits per heavy atom. The molecule has 0 aliphatic carbocycles. The molecule has 0 heterocycles. The van der Waals surface area contributed by atoms with Gasteiger partial charge in [0.1, 0.15) is 11.9 Å². The lowest BCUT2D eigenvalue weighted by atomic mass is 10.00. The lowest BCUT2D eigenvalue weighted by Crippen LogP contribution is -2.14. The van der Waals surface area contributed by atoms with Crippen LogP contribution in [-0.4, -0.2) is 24.8 Å². The average Bonchev–Trinajstić information content (AvgIpc) is 2.78. The Bertz CT molecular complexity index is 1070. The predicted molar refractivity (Wildman–Crippen MR) is 117 cm³/mol. The SMILES string of the molecule is COC(=O)c1cc(CC(C#N)N=C(c2ccccc2)c2ccccc2)c(F)cc1Br. The largest absolute Gasteiger partial charge is 0.465 e. The van der Waals surface area contributed by atoms with Crippen LogP contribution < -0.4 is 0 Å². The normalized spacial score (nSPS) is 11.3. The summed E-state index contributed by atoms with van der Waals surface area (Å²) in [5, 5.41) is 9.72. The van der Waals surface area contributed by atoms with E-state index in [0.717, 1.165) is 11.1 Å². The molecule has 4 nitrogen and oxygen atoms in total. The van der Waals surface area contributed by atoms with E-state index < -0.39 is 17.8 Å². The molecule has 6 heteroatoms. The number of ether oxygens (including phenoxy) is 1. The monoisotopic (exact) mass is 464 g/mol. The van der Waals surface area contributed by atoms with Crippen molar-refractivity contribution >= 4 is 27.6 Å². The third-order valence-corrected chi connectivity index (χ3v) is 5.14. The van der Waals surface area contributed by atoms with E-state index in [4.69, 9.17) is 4.74 Å². The molecular weight excluding hydrogens is 447 g/mol. The number of halogens is 2. The molecule has 0 bridgehead atoms. The van der Waals surface area contributed by atoms with Gasteiger partial charge in [-0.2, -0.15) is 5.26 Å². The first-order chi connectivity index (χ1) is 14.5. The predicted octanol–water partition coefficient (Wildman–Crippen LogP) is 5.35. The Kier molecular flexibility index (Phi) is 7.10. The minimum Gasteiger partial charge on any atom is -0.465 e. The molecule has 0 N–H and O–H groups in total. The van der Waals surface area contributed by atoms with Crippen LogP contribution in [-0.2, 0) is 11.2 Å². The number of benzene rings is 3. The molecule has 0 fully saturated rings. The lowest BCUT2D eigenvalue weighted by molar-refractivity contribution is 0.0599. The van der Waals surface area contributed by atoms with E-state index >= 15 is 0 Å². The second-order valence-electron chi connectivity index (χ2n) is 6.47. The van der Waals surface area contributed by atoms with Crippen molar-refractivity contribution in [1.82, 2.24) is 0 Å².